The molecule has 1 spiro atoms. The molecule has 140 valence electrons. The minimum atomic E-state index is -0.291. The van der Waals surface area contributed by atoms with Gasteiger partial charge in [0.2, 0.25) is 0 Å². The van der Waals surface area contributed by atoms with Crippen molar-refractivity contribution in [2.24, 2.45) is 7.05 Å². The zero-order valence-electron chi connectivity index (χ0n) is 15.6. The van der Waals surface area contributed by atoms with Gasteiger partial charge in [0, 0.05) is 49.5 Å². The van der Waals surface area contributed by atoms with Gasteiger partial charge in [0.15, 0.2) is 0 Å². The summed E-state index contributed by atoms with van der Waals surface area (Å²) in [6, 6.07) is 19.0. The average molecular weight is 380 g/mol. The molecule has 2 atom stereocenters. The third-order valence-corrected chi connectivity index (χ3v) is 7.55. The summed E-state index contributed by atoms with van der Waals surface area (Å²) in [7, 11) is 2.12. The number of aliphatic hydroxyl groups is 1. The van der Waals surface area contributed by atoms with E-state index in [1.54, 1.807) is 0 Å². The molecule has 1 N–H and O–H groups in total. The molecule has 4 nitrogen and oxygen atoms in total. The number of benzene rings is 2. The summed E-state index contributed by atoms with van der Waals surface area (Å²) < 4.78 is 4.40. The molecule has 0 unspecified atom stereocenters. The van der Waals surface area contributed by atoms with E-state index in [1.165, 1.54) is 22.2 Å². The molecule has 0 radical (unpaired) electrons. The topological polar surface area (TPSA) is 31.6 Å². The molecule has 0 aliphatic carbocycles. The molecule has 2 aliphatic heterocycles. The van der Waals surface area contributed by atoms with Crippen LogP contribution in [-0.4, -0.2) is 45.1 Å². The fourth-order valence-electron chi connectivity index (χ4n) is 4.55. The first-order valence-electron chi connectivity index (χ1n) is 9.60. The van der Waals surface area contributed by atoms with Gasteiger partial charge in [-0.15, -0.1) is 0 Å². The molecule has 2 fully saturated rings. The summed E-state index contributed by atoms with van der Waals surface area (Å²) in [5, 5.41) is 12.2. The van der Waals surface area contributed by atoms with Crippen LogP contribution in [-0.2, 0) is 13.6 Å². The minimum Gasteiger partial charge on any atom is -0.390 e. The summed E-state index contributed by atoms with van der Waals surface area (Å²) in [5.74, 6) is 0. The Morgan fingerprint density at radius 1 is 1.11 bits per heavy atom. The standard InChI is InChI=1S/C22H25N3OS/c1-23-13-17(19-9-5-6-10-20(19)23)14-24-12-11-22(16-24)21(26)15-25(27-22)18-7-3-2-4-8-18/h2-10,13,21,26H,11-12,14-16H2,1H3/t21-,22+/m0/s1. The van der Waals surface area contributed by atoms with Gasteiger partial charge in [0.05, 0.1) is 17.4 Å². The molecule has 27 heavy (non-hydrogen) atoms. The molecule has 5 rings (SSSR count). The van der Waals surface area contributed by atoms with Gasteiger partial charge in [-0.05, 0) is 42.1 Å². The van der Waals surface area contributed by atoms with Gasteiger partial charge < -0.3 is 14.0 Å². The van der Waals surface area contributed by atoms with Crippen molar-refractivity contribution in [3.05, 3.63) is 66.4 Å². The number of hydrogen-bond acceptors (Lipinski definition) is 4. The Balaban J connectivity index is 1.34. The van der Waals surface area contributed by atoms with E-state index in [4.69, 9.17) is 0 Å². The fourth-order valence-corrected chi connectivity index (χ4v) is 6.05. The van der Waals surface area contributed by atoms with Crippen LogP contribution in [0.15, 0.2) is 60.8 Å². The first kappa shape index (κ1) is 17.2. The maximum atomic E-state index is 10.9. The van der Waals surface area contributed by atoms with Crippen LogP contribution < -0.4 is 4.31 Å². The Morgan fingerprint density at radius 3 is 2.74 bits per heavy atom. The van der Waals surface area contributed by atoms with Gasteiger partial charge in [0.25, 0.3) is 0 Å². The Hall–Kier alpha value is -1.95. The van der Waals surface area contributed by atoms with Gasteiger partial charge in [-0.1, -0.05) is 36.4 Å². The van der Waals surface area contributed by atoms with E-state index in [0.717, 1.165) is 26.1 Å². The molecular formula is C22H25N3OS. The number of anilines is 1. The molecule has 0 bridgehead atoms. The first-order chi connectivity index (χ1) is 13.1. The number of rotatable bonds is 3. The van der Waals surface area contributed by atoms with Crippen molar-refractivity contribution in [2.45, 2.75) is 23.8 Å². The van der Waals surface area contributed by atoms with Crippen molar-refractivity contribution in [1.82, 2.24) is 9.47 Å². The first-order valence-corrected chi connectivity index (χ1v) is 10.4. The van der Waals surface area contributed by atoms with Crippen molar-refractivity contribution < 1.29 is 5.11 Å². The van der Waals surface area contributed by atoms with E-state index in [9.17, 15) is 5.11 Å². The molecule has 5 heteroatoms. The maximum absolute atomic E-state index is 10.9. The van der Waals surface area contributed by atoms with Crippen LogP contribution >= 0.6 is 11.9 Å². The number of likely N-dealkylation sites (tertiary alicyclic amines) is 1. The second kappa shape index (κ2) is 6.59. The Labute approximate surface area is 164 Å². The number of β-amino-alcohol motifs (C(OH)–C–C–N with tert-alkyl or cyclic N) is 1. The van der Waals surface area contributed by atoms with Gasteiger partial charge >= 0.3 is 0 Å². The van der Waals surface area contributed by atoms with Gasteiger partial charge in [-0.3, -0.25) is 4.90 Å². The van der Waals surface area contributed by atoms with E-state index < -0.39 is 0 Å². The van der Waals surface area contributed by atoms with Crippen LogP contribution in [0.2, 0.25) is 0 Å². The molecule has 3 aromatic rings. The van der Waals surface area contributed by atoms with Crippen molar-refractivity contribution in [2.75, 3.05) is 23.9 Å². The lowest BCUT2D eigenvalue weighted by Gasteiger charge is -2.26. The molecule has 1 aromatic heterocycles. The van der Waals surface area contributed by atoms with Crippen molar-refractivity contribution in [3.8, 4) is 0 Å². The van der Waals surface area contributed by atoms with Crippen LogP contribution in [0, 0.1) is 0 Å². The lowest BCUT2D eigenvalue weighted by atomic mass is 10.0. The van der Waals surface area contributed by atoms with Crippen LogP contribution in [0.5, 0.6) is 0 Å². The summed E-state index contributed by atoms with van der Waals surface area (Å²) in [6.45, 7) is 3.62. The van der Waals surface area contributed by atoms with Crippen LogP contribution in [0.3, 0.4) is 0 Å². The molecule has 2 aliphatic rings. The average Bonchev–Trinajstić information content (AvgIpc) is 3.35. The smallest absolute Gasteiger partial charge is 0.0902 e. The summed E-state index contributed by atoms with van der Waals surface area (Å²) in [6.07, 6.45) is 3.00. The van der Waals surface area contributed by atoms with E-state index in [2.05, 4.69) is 75.5 Å². The van der Waals surface area contributed by atoms with Crippen molar-refractivity contribution in [1.29, 1.82) is 0 Å². The van der Waals surface area contributed by atoms with E-state index in [1.807, 2.05) is 18.0 Å². The van der Waals surface area contributed by atoms with Crippen LogP contribution in [0.4, 0.5) is 5.69 Å². The number of aliphatic hydroxyl groups excluding tert-OH is 1. The fraction of sp³-hybridized carbons (Fsp3) is 0.364. The number of hydrogen-bond donors (Lipinski definition) is 1. The quantitative estimate of drug-likeness (QED) is 0.704. The monoisotopic (exact) mass is 379 g/mol. The third-order valence-electron chi connectivity index (χ3n) is 6.00. The second-order valence-electron chi connectivity index (χ2n) is 7.81. The highest BCUT2D eigenvalue weighted by Crippen LogP contribution is 2.48. The predicted octanol–water partition coefficient (Wildman–Crippen LogP) is 3.65. The third kappa shape index (κ3) is 2.94. The summed E-state index contributed by atoms with van der Waals surface area (Å²) >= 11 is 1.84. The normalized spacial score (nSPS) is 25.9. The van der Waals surface area contributed by atoms with Gasteiger partial charge in [0.1, 0.15) is 0 Å². The lowest BCUT2D eigenvalue weighted by molar-refractivity contribution is 0.146. The number of aromatic nitrogens is 1. The van der Waals surface area contributed by atoms with Crippen molar-refractivity contribution >= 4 is 28.5 Å². The summed E-state index contributed by atoms with van der Waals surface area (Å²) in [5.41, 5.74) is 3.85. The number of nitrogens with zero attached hydrogens (tertiary/aromatic N) is 3. The summed E-state index contributed by atoms with van der Waals surface area (Å²) in [4.78, 5) is 2.51. The van der Waals surface area contributed by atoms with E-state index in [-0.39, 0.29) is 10.9 Å². The number of aryl methyl sites for hydroxylation is 1. The Bertz CT molecular complexity index is 957. The maximum Gasteiger partial charge on any atom is 0.0902 e. The molecule has 0 saturated carbocycles. The van der Waals surface area contributed by atoms with E-state index in [0.29, 0.717) is 6.54 Å². The Kier molecular flexibility index (Phi) is 4.19. The molecule has 2 saturated heterocycles. The molecule has 3 heterocycles. The zero-order valence-corrected chi connectivity index (χ0v) is 16.4. The highest BCUT2D eigenvalue weighted by molar-refractivity contribution is 8.02. The highest BCUT2D eigenvalue weighted by Gasteiger charge is 2.51. The van der Waals surface area contributed by atoms with Crippen LogP contribution in [0.1, 0.15) is 12.0 Å². The second-order valence-corrected chi connectivity index (χ2v) is 9.25. The zero-order chi connectivity index (χ0) is 18.4. The minimum absolute atomic E-state index is 0.0829. The largest absolute Gasteiger partial charge is 0.390 e. The molecule has 2 aromatic carbocycles. The van der Waals surface area contributed by atoms with Gasteiger partial charge in [-0.2, -0.15) is 0 Å². The predicted molar refractivity (Wildman–Crippen MR) is 113 cm³/mol. The molecular weight excluding hydrogens is 354 g/mol. The molecule has 0 amide bonds. The lowest BCUT2D eigenvalue weighted by Crippen LogP contribution is -2.39. The number of para-hydroxylation sites is 2. The van der Waals surface area contributed by atoms with Crippen molar-refractivity contribution in [3.63, 3.8) is 0 Å². The van der Waals surface area contributed by atoms with Gasteiger partial charge in [-0.25, -0.2) is 0 Å². The highest BCUT2D eigenvalue weighted by atomic mass is 32.2. The SMILES string of the molecule is Cn1cc(CN2CC[C@]3(C2)SN(c2ccccc2)C[C@@H]3O)c2ccccc21. The Morgan fingerprint density at radius 2 is 1.89 bits per heavy atom. The van der Waals surface area contributed by atoms with E-state index >= 15 is 0 Å². The number of fused-ring (bicyclic) bond motifs is 1. The van der Waals surface area contributed by atoms with Crippen LogP contribution in [0.25, 0.3) is 10.9 Å².